The number of thiocarbonyl (C=S) groups is 1. The van der Waals surface area contributed by atoms with Gasteiger partial charge in [0.2, 0.25) is 11.7 Å². The van der Waals surface area contributed by atoms with Gasteiger partial charge in [0.1, 0.15) is 0 Å². The number of nitrogens with one attached hydrogen (secondary N) is 2. The molecule has 0 atom stereocenters. The van der Waals surface area contributed by atoms with Gasteiger partial charge in [-0.05, 0) is 41.9 Å². The summed E-state index contributed by atoms with van der Waals surface area (Å²) >= 11 is 12.8. The molecule has 0 saturated carbocycles. The molecule has 0 aliphatic rings. The number of rotatable bonds is 5. The van der Waals surface area contributed by atoms with Gasteiger partial charge in [0.15, 0.2) is 5.11 Å². The average molecular weight is 409 g/mol. The first kappa shape index (κ1) is 18.3. The van der Waals surface area contributed by atoms with Crippen LogP contribution < -0.4 is 10.6 Å². The number of thiophene rings is 1. The standard InChI is InChI=1S/C16H13ClN4O3S2/c1-23-15(22)10-7-9(4-5-11(10)17)19-16(25)18-8-13-20-14(21-24-13)12-3-2-6-26-12/h2-7H,8H2,1H3,(H2,18,19,25). The van der Waals surface area contributed by atoms with Gasteiger partial charge in [-0.25, -0.2) is 4.79 Å². The van der Waals surface area contributed by atoms with Crippen LogP contribution in [0.4, 0.5) is 5.69 Å². The molecule has 2 aromatic heterocycles. The molecule has 3 aromatic rings. The average Bonchev–Trinajstić information content (AvgIpc) is 3.32. The minimum atomic E-state index is -0.524. The van der Waals surface area contributed by atoms with E-state index in [4.69, 9.17) is 28.3 Å². The van der Waals surface area contributed by atoms with E-state index in [-0.39, 0.29) is 12.1 Å². The van der Waals surface area contributed by atoms with Crippen molar-refractivity contribution in [1.29, 1.82) is 0 Å². The van der Waals surface area contributed by atoms with Crippen molar-refractivity contribution in [3.8, 4) is 10.7 Å². The topological polar surface area (TPSA) is 89.3 Å². The third kappa shape index (κ3) is 4.37. The molecule has 3 rings (SSSR count). The fraction of sp³-hybridized carbons (Fsp3) is 0.125. The lowest BCUT2D eigenvalue weighted by Crippen LogP contribution is -2.28. The Morgan fingerprint density at radius 1 is 1.42 bits per heavy atom. The van der Waals surface area contributed by atoms with E-state index in [1.807, 2.05) is 17.5 Å². The number of carbonyl (C=O) groups is 1. The zero-order valence-electron chi connectivity index (χ0n) is 13.5. The summed E-state index contributed by atoms with van der Waals surface area (Å²) in [5, 5.41) is 12.4. The van der Waals surface area contributed by atoms with Crippen molar-refractivity contribution < 1.29 is 14.1 Å². The summed E-state index contributed by atoms with van der Waals surface area (Å²) in [6.45, 7) is 0.266. The van der Waals surface area contributed by atoms with Crippen LogP contribution >= 0.6 is 35.2 Å². The van der Waals surface area contributed by atoms with Crippen LogP contribution in [-0.2, 0) is 11.3 Å². The summed E-state index contributed by atoms with van der Waals surface area (Å²) in [5.74, 6) is 0.421. The van der Waals surface area contributed by atoms with Crippen molar-refractivity contribution in [3.63, 3.8) is 0 Å². The smallest absolute Gasteiger partial charge is 0.339 e. The van der Waals surface area contributed by atoms with Gasteiger partial charge in [-0.3, -0.25) is 0 Å². The lowest BCUT2D eigenvalue weighted by molar-refractivity contribution is 0.0601. The van der Waals surface area contributed by atoms with E-state index in [9.17, 15) is 4.79 Å². The Balaban J connectivity index is 1.59. The zero-order chi connectivity index (χ0) is 18.5. The summed E-state index contributed by atoms with van der Waals surface area (Å²) in [6.07, 6.45) is 0. The van der Waals surface area contributed by atoms with Crippen molar-refractivity contribution in [2.24, 2.45) is 0 Å². The molecule has 0 amide bonds. The molecular formula is C16H13ClN4O3S2. The van der Waals surface area contributed by atoms with E-state index in [0.29, 0.717) is 27.5 Å². The fourth-order valence-corrected chi connectivity index (χ4v) is 3.07. The number of anilines is 1. The van der Waals surface area contributed by atoms with Crippen molar-refractivity contribution in [2.45, 2.75) is 6.54 Å². The molecule has 0 spiro atoms. The van der Waals surface area contributed by atoms with Gasteiger partial charge in [0.25, 0.3) is 0 Å². The Morgan fingerprint density at radius 2 is 2.27 bits per heavy atom. The van der Waals surface area contributed by atoms with Crippen LogP contribution in [0.5, 0.6) is 0 Å². The highest BCUT2D eigenvalue weighted by Crippen LogP contribution is 2.22. The quantitative estimate of drug-likeness (QED) is 0.487. The van der Waals surface area contributed by atoms with Crippen LogP contribution in [-0.4, -0.2) is 28.3 Å². The molecule has 0 aliphatic heterocycles. The largest absolute Gasteiger partial charge is 0.465 e. The van der Waals surface area contributed by atoms with Gasteiger partial charge in [-0.15, -0.1) is 11.3 Å². The second kappa shape index (κ2) is 8.26. The van der Waals surface area contributed by atoms with Gasteiger partial charge in [0.05, 0.1) is 29.1 Å². The number of carbonyl (C=O) groups excluding carboxylic acids is 1. The normalized spacial score (nSPS) is 10.4. The van der Waals surface area contributed by atoms with Crippen LogP contribution in [0.15, 0.2) is 40.2 Å². The van der Waals surface area contributed by atoms with E-state index in [0.717, 1.165) is 4.88 Å². The SMILES string of the molecule is COC(=O)c1cc(NC(=S)NCc2nc(-c3cccs3)no2)ccc1Cl. The van der Waals surface area contributed by atoms with E-state index < -0.39 is 5.97 Å². The molecule has 26 heavy (non-hydrogen) atoms. The summed E-state index contributed by atoms with van der Waals surface area (Å²) in [6, 6.07) is 8.68. The Labute approximate surface area is 163 Å². The highest BCUT2D eigenvalue weighted by atomic mass is 35.5. The monoisotopic (exact) mass is 408 g/mol. The minimum absolute atomic E-state index is 0.249. The van der Waals surface area contributed by atoms with Crippen LogP contribution in [0, 0.1) is 0 Å². The van der Waals surface area contributed by atoms with Crippen molar-refractivity contribution >= 4 is 51.9 Å². The number of ether oxygens (including phenoxy) is 1. The lowest BCUT2D eigenvalue weighted by atomic mass is 10.2. The van der Waals surface area contributed by atoms with Gasteiger partial charge in [0, 0.05) is 5.69 Å². The van der Waals surface area contributed by atoms with Crippen LogP contribution in [0.2, 0.25) is 5.02 Å². The summed E-state index contributed by atoms with van der Waals surface area (Å²) in [7, 11) is 1.29. The number of hydrogen-bond donors (Lipinski definition) is 2. The molecule has 0 unspecified atom stereocenters. The molecule has 0 fully saturated rings. The number of nitrogens with zero attached hydrogens (tertiary/aromatic N) is 2. The number of esters is 1. The summed E-state index contributed by atoms with van der Waals surface area (Å²) in [4.78, 5) is 16.9. The molecule has 0 radical (unpaired) electrons. The molecule has 2 N–H and O–H groups in total. The first-order valence-corrected chi connectivity index (χ1v) is 9.02. The molecule has 0 bridgehead atoms. The van der Waals surface area contributed by atoms with E-state index >= 15 is 0 Å². The predicted molar refractivity (Wildman–Crippen MR) is 103 cm³/mol. The van der Waals surface area contributed by atoms with Crippen LogP contribution in [0.1, 0.15) is 16.2 Å². The minimum Gasteiger partial charge on any atom is -0.465 e. The zero-order valence-corrected chi connectivity index (χ0v) is 15.9. The first-order chi connectivity index (χ1) is 12.6. The third-order valence-corrected chi connectivity index (χ3v) is 4.68. The van der Waals surface area contributed by atoms with Crippen LogP contribution in [0.3, 0.4) is 0 Å². The summed E-state index contributed by atoms with van der Waals surface area (Å²) < 4.78 is 9.88. The van der Waals surface area contributed by atoms with Crippen LogP contribution in [0.25, 0.3) is 10.7 Å². The highest BCUT2D eigenvalue weighted by molar-refractivity contribution is 7.80. The molecule has 0 aliphatic carbocycles. The van der Waals surface area contributed by atoms with Gasteiger partial charge < -0.3 is 19.9 Å². The Bertz CT molecular complexity index is 927. The predicted octanol–water partition coefficient (Wildman–Crippen LogP) is 3.72. The van der Waals surface area contributed by atoms with E-state index in [1.54, 1.807) is 18.2 Å². The molecule has 7 nitrogen and oxygen atoms in total. The van der Waals surface area contributed by atoms with E-state index in [1.165, 1.54) is 18.4 Å². The number of aromatic nitrogens is 2. The molecule has 2 heterocycles. The number of halogens is 1. The number of benzene rings is 1. The molecular weight excluding hydrogens is 396 g/mol. The molecule has 134 valence electrons. The Morgan fingerprint density at radius 3 is 3.00 bits per heavy atom. The van der Waals surface area contributed by atoms with Gasteiger partial charge in [-0.2, -0.15) is 4.98 Å². The maximum atomic E-state index is 11.7. The summed E-state index contributed by atoms with van der Waals surface area (Å²) in [5.41, 5.74) is 0.844. The Hall–Kier alpha value is -2.49. The van der Waals surface area contributed by atoms with Crippen molar-refractivity contribution in [1.82, 2.24) is 15.5 Å². The van der Waals surface area contributed by atoms with Gasteiger partial charge in [-0.1, -0.05) is 22.8 Å². The molecule has 0 saturated heterocycles. The second-order valence-corrected chi connectivity index (χ2v) is 6.75. The number of methoxy groups -OCH3 is 1. The second-order valence-electron chi connectivity index (χ2n) is 4.98. The lowest BCUT2D eigenvalue weighted by Gasteiger charge is -2.10. The maximum absolute atomic E-state index is 11.7. The highest BCUT2D eigenvalue weighted by Gasteiger charge is 2.13. The fourth-order valence-electron chi connectivity index (χ4n) is 2.03. The third-order valence-electron chi connectivity index (χ3n) is 3.24. The first-order valence-electron chi connectivity index (χ1n) is 7.36. The molecule has 1 aromatic carbocycles. The van der Waals surface area contributed by atoms with E-state index in [2.05, 4.69) is 25.5 Å². The number of hydrogen-bond acceptors (Lipinski definition) is 7. The van der Waals surface area contributed by atoms with Gasteiger partial charge >= 0.3 is 5.97 Å². The Kier molecular flexibility index (Phi) is 5.82. The molecule has 10 heteroatoms. The maximum Gasteiger partial charge on any atom is 0.339 e. The van der Waals surface area contributed by atoms with Crippen molar-refractivity contribution in [2.75, 3.05) is 12.4 Å². The van der Waals surface area contributed by atoms with Crippen molar-refractivity contribution in [3.05, 3.63) is 52.2 Å².